The van der Waals surface area contributed by atoms with Crippen LogP contribution in [0.3, 0.4) is 0 Å². The normalized spacial score (nSPS) is 23.7. The van der Waals surface area contributed by atoms with Gasteiger partial charge in [0.15, 0.2) is 0 Å². The summed E-state index contributed by atoms with van der Waals surface area (Å²) in [5, 5.41) is 6.71. The van der Waals surface area contributed by atoms with E-state index in [9.17, 15) is 0 Å². The third kappa shape index (κ3) is 3.36. The van der Waals surface area contributed by atoms with Crippen molar-refractivity contribution in [3.05, 3.63) is 32.7 Å². The minimum Gasteiger partial charge on any atom is -0.297 e. The van der Waals surface area contributed by atoms with Gasteiger partial charge in [-0.3, -0.25) is 9.80 Å². The molecule has 1 aliphatic heterocycles. The first-order chi connectivity index (χ1) is 11.1. The van der Waals surface area contributed by atoms with Gasteiger partial charge in [-0.2, -0.15) is 0 Å². The van der Waals surface area contributed by atoms with Gasteiger partial charge in [0.05, 0.1) is 17.2 Å². The number of likely N-dealkylation sites (tertiary alicyclic amines) is 1. The average molecular weight is 349 g/mol. The lowest BCUT2D eigenvalue weighted by atomic mass is 9.92. The monoisotopic (exact) mass is 348 g/mol. The highest BCUT2D eigenvalue weighted by molar-refractivity contribution is 7.09. The Balaban J connectivity index is 1.28. The highest BCUT2D eigenvalue weighted by Gasteiger charge is 2.56. The maximum atomic E-state index is 4.60. The van der Waals surface area contributed by atoms with Crippen LogP contribution in [0.25, 0.3) is 0 Å². The molecule has 1 unspecified atom stereocenters. The van der Waals surface area contributed by atoms with Crippen LogP contribution in [-0.4, -0.2) is 45.9 Å². The Morgan fingerprint density at radius 2 is 2.17 bits per heavy atom. The van der Waals surface area contributed by atoms with Crippen LogP contribution in [-0.2, 0) is 13.1 Å². The molecule has 0 bridgehead atoms. The quantitative estimate of drug-likeness (QED) is 0.829. The van der Waals surface area contributed by atoms with Crippen molar-refractivity contribution in [1.82, 2.24) is 19.8 Å². The lowest BCUT2D eigenvalue weighted by Gasteiger charge is -2.33. The minimum atomic E-state index is 0.584. The van der Waals surface area contributed by atoms with Crippen molar-refractivity contribution in [1.29, 1.82) is 0 Å². The molecule has 1 aliphatic carbocycles. The van der Waals surface area contributed by atoms with Gasteiger partial charge in [-0.05, 0) is 51.7 Å². The van der Waals surface area contributed by atoms with Crippen molar-refractivity contribution in [2.75, 3.05) is 20.1 Å². The van der Waals surface area contributed by atoms with Gasteiger partial charge in [-0.1, -0.05) is 0 Å². The molecule has 0 N–H and O–H groups in total. The second-order valence-electron chi connectivity index (χ2n) is 7.06. The number of piperidine rings is 1. The summed E-state index contributed by atoms with van der Waals surface area (Å²) < 4.78 is 0. The van der Waals surface area contributed by atoms with Gasteiger partial charge in [0.25, 0.3) is 0 Å². The van der Waals surface area contributed by atoms with Crippen LogP contribution in [0.15, 0.2) is 17.0 Å². The Morgan fingerprint density at radius 3 is 2.83 bits per heavy atom. The molecular weight excluding hydrogens is 324 g/mol. The zero-order valence-electron chi connectivity index (χ0n) is 13.9. The lowest BCUT2D eigenvalue weighted by molar-refractivity contribution is 0.138. The van der Waals surface area contributed by atoms with Crippen LogP contribution < -0.4 is 0 Å². The fourth-order valence-electron chi connectivity index (χ4n) is 4.01. The average Bonchev–Trinajstić information content (AvgIpc) is 2.88. The van der Waals surface area contributed by atoms with E-state index < -0.39 is 0 Å². The Hall–Kier alpha value is -0.820. The van der Waals surface area contributed by atoms with Crippen LogP contribution >= 0.6 is 22.7 Å². The number of aromatic nitrogens is 2. The fraction of sp³-hybridized carbons (Fsp3) is 0.647. The molecule has 23 heavy (non-hydrogen) atoms. The third-order valence-corrected chi connectivity index (χ3v) is 7.04. The number of aryl methyl sites for hydroxylation is 1. The molecule has 0 amide bonds. The van der Waals surface area contributed by atoms with E-state index in [1.54, 1.807) is 22.7 Å². The van der Waals surface area contributed by atoms with E-state index in [-0.39, 0.29) is 0 Å². The zero-order valence-corrected chi connectivity index (χ0v) is 15.5. The first-order valence-corrected chi connectivity index (χ1v) is 10.1. The Kier molecular flexibility index (Phi) is 4.26. The smallest absolute Gasteiger partial charge is 0.107 e. The molecule has 1 saturated carbocycles. The predicted molar refractivity (Wildman–Crippen MR) is 95.8 cm³/mol. The van der Waals surface area contributed by atoms with E-state index in [1.165, 1.54) is 48.1 Å². The number of hydrogen-bond donors (Lipinski definition) is 0. The van der Waals surface area contributed by atoms with Crippen LogP contribution in [0.5, 0.6) is 0 Å². The first-order valence-electron chi connectivity index (χ1n) is 8.37. The molecule has 6 heteroatoms. The van der Waals surface area contributed by atoms with Crippen LogP contribution in [0, 0.1) is 12.3 Å². The molecule has 2 fully saturated rings. The van der Waals surface area contributed by atoms with Gasteiger partial charge in [0, 0.05) is 29.5 Å². The molecule has 124 valence electrons. The summed E-state index contributed by atoms with van der Waals surface area (Å²) >= 11 is 3.53. The van der Waals surface area contributed by atoms with Crippen LogP contribution in [0.4, 0.5) is 0 Å². The largest absolute Gasteiger partial charge is 0.297 e. The van der Waals surface area contributed by atoms with Crippen molar-refractivity contribution in [2.45, 2.75) is 45.3 Å². The highest BCUT2D eigenvalue weighted by Crippen LogP contribution is 2.56. The van der Waals surface area contributed by atoms with Crippen molar-refractivity contribution in [3.8, 4) is 0 Å². The standard InChI is InChI=1S/C17H24N4S2/c1-13-19-14(12-23-13)10-21-6-3-17(4-7-21)9-15(17)20(2)11-16-18-5-8-22-16/h5,8,12,15H,3-4,6-7,9-11H2,1-2H3. The summed E-state index contributed by atoms with van der Waals surface area (Å²) in [5.74, 6) is 0. The maximum Gasteiger partial charge on any atom is 0.107 e. The maximum absolute atomic E-state index is 4.60. The van der Waals surface area contributed by atoms with Crippen molar-refractivity contribution in [2.24, 2.45) is 5.41 Å². The predicted octanol–water partition coefficient (Wildman–Crippen LogP) is 3.39. The van der Waals surface area contributed by atoms with Crippen molar-refractivity contribution >= 4 is 22.7 Å². The summed E-state index contributed by atoms with van der Waals surface area (Å²) in [6.45, 7) is 6.56. The van der Waals surface area contributed by atoms with Crippen molar-refractivity contribution in [3.63, 3.8) is 0 Å². The molecular formula is C17H24N4S2. The van der Waals surface area contributed by atoms with E-state index in [0.717, 1.165) is 19.1 Å². The van der Waals surface area contributed by atoms with Gasteiger partial charge in [-0.15, -0.1) is 22.7 Å². The molecule has 4 nitrogen and oxygen atoms in total. The molecule has 0 aromatic carbocycles. The van der Waals surface area contributed by atoms with Crippen molar-refractivity contribution < 1.29 is 0 Å². The second-order valence-corrected chi connectivity index (χ2v) is 9.10. The summed E-state index contributed by atoms with van der Waals surface area (Å²) in [6.07, 6.45) is 5.96. The molecule has 4 rings (SSSR count). The zero-order chi connectivity index (χ0) is 15.9. The first kappa shape index (κ1) is 15.7. The molecule has 0 radical (unpaired) electrons. The van der Waals surface area contributed by atoms with Gasteiger partial charge in [0.2, 0.25) is 0 Å². The topological polar surface area (TPSA) is 32.3 Å². The highest BCUT2D eigenvalue weighted by atomic mass is 32.1. The number of hydrogen-bond acceptors (Lipinski definition) is 6. The van der Waals surface area contributed by atoms with E-state index in [4.69, 9.17) is 0 Å². The van der Waals surface area contributed by atoms with Crippen LogP contribution in [0.2, 0.25) is 0 Å². The SMILES string of the molecule is Cc1nc(CN2CCC3(CC2)CC3N(C)Cc2nccs2)cs1. The van der Waals surface area contributed by atoms with Gasteiger partial charge in [0.1, 0.15) is 5.01 Å². The molecule has 2 aliphatic rings. The van der Waals surface area contributed by atoms with E-state index >= 15 is 0 Å². The number of nitrogens with zero attached hydrogens (tertiary/aromatic N) is 4. The summed E-state index contributed by atoms with van der Waals surface area (Å²) in [7, 11) is 2.27. The Labute approximate surface area is 146 Å². The molecule has 1 spiro atoms. The van der Waals surface area contributed by atoms with E-state index in [0.29, 0.717) is 5.41 Å². The number of thiazole rings is 2. The minimum absolute atomic E-state index is 0.584. The molecule has 1 saturated heterocycles. The van der Waals surface area contributed by atoms with Crippen LogP contribution in [0.1, 0.15) is 35.0 Å². The Bertz CT molecular complexity index is 643. The fourth-order valence-corrected chi connectivity index (χ4v) is 5.29. The third-order valence-electron chi connectivity index (χ3n) is 5.45. The van der Waals surface area contributed by atoms with E-state index in [2.05, 4.69) is 44.5 Å². The summed E-state index contributed by atoms with van der Waals surface area (Å²) in [6, 6.07) is 0.759. The summed E-state index contributed by atoms with van der Waals surface area (Å²) in [5.41, 5.74) is 1.83. The molecule has 1 atom stereocenters. The number of rotatable bonds is 5. The molecule has 2 aromatic rings. The van der Waals surface area contributed by atoms with Gasteiger partial charge >= 0.3 is 0 Å². The van der Waals surface area contributed by atoms with Gasteiger partial charge in [-0.25, -0.2) is 9.97 Å². The second kappa shape index (κ2) is 6.24. The molecule has 2 aromatic heterocycles. The molecule has 3 heterocycles. The van der Waals surface area contributed by atoms with Gasteiger partial charge < -0.3 is 0 Å². The lowest BCUT2D eigenvalue weighted by Crippen LogP contribution is -2.37. The van der Waals surface area contributed by atoms with E-state index in [1.807, 2.05) is 6.20 Å². The Morgan fingerprint density at radius 1 is 1.35 bits per heavy atom. The summed E-state index contributed by atoms with van der Waals surface area (Å²) in [4.78, 5) is 14.1.